The van der Waals surface area contributed by atoms with E-state index in [0.29, 0.717) is 18.7 Å². The summed E-state index contributed by atoms with van der Waals surface area (Å²) in [6.45, 7) is 6.99. The number of hydrogen-bond donors (Lipinski definition) is 1. The molecule has 4 nitrogen and oxygen atoms in total. The molecule has 0 fully saturated rings. The van der Waals surface area contributed by atoms with Gasteiger partial charge in [-0.3, -0.25) is 0 Å². The number of nitrogens with zero attached hydrogens (tertiary/aromatic N) is 1. The molecule has 1 N–H and O–H groups in total. The summed E-state index contributed by atoms with van der Waals surface area (Å²) in [6, 6.07) is 11.9. The van der Waals surface area contributed by atoms with Crippen molar-refractivity contribution in [3.8, 4) is 0 Å². The fourth-order valence-corrected chi connectivity index (χ4v) is 3.54. The molecule has 0 aliphatic rings. The summed E-state index contributed by atoms with van der Waals surface area (Å²) in [5, 5.41) is 4.15. The van der Waals surface area contributed by atoms with Gasteiger partial charge in [0.05, 0.1) is 22.4 Å². The van der Waals surface area contributed by atoms with Gasteiger partial charge in [-0.25, -0.2) is 14.2 Å². The highest BCUT2D eigenvalue weighted by atomic mass is 32.1. The van der Waals surface area contributed by atoms with Crippen molar-refractivity contribution in [1.29, 1.82) is 0 Å². The predicted molar refractivity (Wildman–Crippen MR) is 103 cm³/mol. The van der Waals surface area contributed by atoms with Crippen LogP contribution in [0.15, 0.2) is 42.5 Å². The zero-order chi connectivity index (χ0) is 18.7. The average molecular weight is 372 g/mol. The standard InChI is InChI=1S/C20H21FN2O2S/c1-4-25-18(24)13-5-10-16-17(11-13)26-19(23-16)22-12-20(2,3)14-6-8-15(21)9-7-14/h5-11H,4,12H2,1-3H3,(H,22,23). The molecule has 0 amide bonds. The normalized spacial score (nSPS) is 11.5. The molecule has 0 atom stereocenters. The number of carbonyl (C=O) groups excluding carboxylic acids is 1. The van der Waals surface area contributed by atoms with Crippen LogP contribution in [0.1, 0.15) is 36.7 Å². The smallest absolute Gasteiger partial charge is 0.338 e. The maximum atomic E-state index is 13.1. The second-order valence-electron chi connectivity index (χ2n) is 6.67. The van der Waals surface area contributed by atoms with Crippen LogP contribution < -0.4 is 5.32 Å². The van der Waals surface area contributed by atoms with Crippen molar-refractivity contribution < 1.29 is 13.9 Å². The number of fused-ring (bicyclic) bond motifs is 1. The number of carbonyl (C=O) groups is 1. The molecule has 0 aliphatic heterocycles. The van der Waals surface area contributed by atoms with Gasteiger partial charge in [-0.1, -0.05) is 37.3 Å². The Hall–Kier alpha value is -2.47. The fourth-order valence-electron chi connectivity index (χ4n) is 2.64. The molecule has 1 aromatic heterocycles. The maximum absolute atomic E-state index is 13.1. The van der Waals surface area contributed by atoms with Gasteiger partial charge in [0, 0.05) is 12.0 Å². The summed E-state index contributed by atoms with van der Waals surface area (Å²) in [5.74, 6) is -0.559. The quantitative estimate of drug-likeness (QED) is 0.619. The lowest BCUT2D eigenvalue weighted by Gasteiger charge is -2.25. The van der Waals surface area contributed by atoms with Crippen LogP contribution in [0.4, 0.5) is 9.52 Å². The molecule has 0 radical (unpaired) electrons. The lowest BCUT2D eigenvalue weighted by Crippen LogP contribution is -2.27. The van der Waals surface area contributed by atoms with Crippen molar-refractivity contribution in [2.24, 2.45) is 0 Å². The Balaban J connectivity index is 1.74. The lowest BCUT2D eigenvalue weighted by atomic mass is 9.85. The van der Waals surface area contributed by atoms with E-state index in [1.165, 1.54) is 23.5 Å². The van der Waals surface area contributed by atoms with Gasteiger partial charge in [-0.15, -0.1) is 0 Å². The topological polar surface area (TPSA) is 51.2 Å². The van der Waals surface area contributed by atoms with E-state index in [1.807, 2.05) is 6.07 Å². The minimum Gasteiger partial charge on any atom is -0.462 e. The highest BCUT2D eigenvalue weighted by Crippen LogP contribution is 2.29. The molecule has 3 rings (SSSR count). The zero-order valence-corrected chi connectivity index (χ0v) is 15.8. The van der Waals surface area contributed by atoms with E-state index in [1.54, 1.807) is 31.2 Å². The van der Waals surface area contributed by atoms with Crippen LogP contribution in [-0.4, -0.2) is 24.1 Å². The molecule has 0 saturated carbocycles. The first-order chi connectivity index (χ1) is 12.4. The first-order valence-corrected chi connectivity index (χ1v) is 9.28. The lowest BCUT2D eigenvalue weighted by molar-refractivity contribution is 0.0526. The van der Waals surface area contributed by atoms with Crippen molar-refractivity contribution in [2.45, 2.75) is 26.2 Å². The van der Waals surface area contributed by atoms with E-state index in [4.69, 9.17) is 4.74 Å². The Kier molecular flexibility index (Phi) is 5.23. The number of nitrogens with one attached hydrogen (secondary N) is 1. The van der Waals surface area contributed by atoms with Crippen LogP contribution in [0.5, 0.6) is 0 Å². The van der Waals surface area contributed by atoms with Crippen LogP contribution in [0.3, 0.4) is 0 Å². The molecule has 0 spiro atoms. The van der Waals surface area contributed by atoms with Gasteiger partial charge in [-0.2, -0.15) is 0 Å². The molecule has 6 heteroatoms. The number of benzene rings is 2. The van der Waals surface area contributed by atoms with Gasteiger partial charge in [0.25, 0.3) is 0 Å². The summed E-state index contributed by atoms with van der Waals surface area (Å²) in [7, 11) is 0. The number of aromatic nitrogens is 1. The summed E-state index contributed by atoms with van der Waals surface area (Å²) < 4.78 is 19.1. The van der Waals surface area contributed by atoms with Crippen molar-refractivity contribution >= 4 is 32.7 Å². The Morgan fingerprint density at radius 1 is 1.23 bits per heavy atom. The Morgan fingerprint density at radius 3 is 2.65 bits per heavy atom. The molecule has 2 aromatic carbocycles. The predicted octanol–water partition coefficient (Wildman–Crippen LogP) is 5.00. The third-order valence-corrected chi connectivity index (χ3v) is 5.18. The van der Waals surface area contributed by atoms with Crippen molar-refractivity contribution in [3.05, 3.63) is 59.4 Å². The molecule has 136 valence electrons. The number of esters is 1. The van der Waals surface area contributed by atoms with E-state index in [2.05, 4.69) is 24.1 Å². The highest BCUT2D eigenvalue weighted by Gasteiger charge is 2.21. The van der Waals surface area contributed by atoms with Gasteiger partial charge in [0.15, 0.2) is 5.13 Å². The number of thiazole rings is 1. The zero-order valence-electron chi connectivity index (χ0n) is 15.0. The van der Waals surface area contributed by atoms with Gasteiger partial charge in [-0.05, 0) is 42.8 Å². The second-order valence-corrected chi connectivity index (χ2v) is 7.70. The summed E-state index contributed by atoms with van der Waals surface area (Å²) in [4.78, 5) is 16.4. The van der Waals surface area contributed by atoms with Crippen molar-refractivity contribution in [3.63, 3.8) is 0 Å². The maximum Gasteiger partial charge on any atom is 0.338 e. The number of rotatable bonds is 6. The molecule has 1 heterocycles. The average Bonchev–Trinajstić information content (AvgIpc) is 3.03. The largest absolute Gasteiger partial charge is 0.462 e. The minimum atomic E-state index is -0.324. The second kappa shape index (κ2) is 7.41. The molecule has 3 aromatic rings. The molecule has 0 aliphatic carbocycles. The van der Waals surface area contributed by atoms with Crippen LogP contribution in [0.2, 0.25) is 0 Å². The SMILES string of the molecule is CCOC(=O)c1ccc2nc(NCC(C)(C)c3ccc(F)cc3)sc2c1. The van der Waals surface area contributed by atoms with Crippen LogP contribution in [0, 0.1) is 5.82 Å². The number of halogens is 1. The van der Waals surface area contributed by atoms with Crippen molar-refractivity contribution in [1.82, 2.24) is 4.98 Å². The van der Waals surface area contributed by atoms with E-state index in [0.717, 1.165) is 20.9 Å². The first-order valence-electron chi connectivity index (χ1n) is 8.46. The van der Waals surface area contributed by atoms with Crippen LogP contribution >= 0.6 is 11.3 Å². The minimum absolute atomic E-state index is 0.179. The highest BCUT2D eigenvalue weighted by molar-refractivity contribution is 7.22. The third-order valence-electron chi connectivity index (χ3n) is 4.21. The fraction of sp³-hybridized carbons (Fsp3) is 0.300. The summed E-state index contributed by atoms with van der Waals surface area (Å²) in [5.41, 5.74) is 2.24. The molecule has 0 unspecified atom stereocenters. The molecular weight excluding hydrogens is 351 g/mol. The third kappa shape index (κ3) is 4.02. The molecule has 26 heavy (non-hydrogen) atoms. The number of ether oxygens (including phenoxy) is 1. The van der Waals surface area contributed by atoms with Crippen LogP contribution in [-0.2, 0) is 10.2 Å². The van der Waals surface area contributed by atoms with Gasteiger partial charge in [0.2, 0.25) is 0 Å². The monoisotopic (exact) mass is 372 g/mol. The summed E-state index contributed by atoms with van der Waals surface area (Å²) >= 11 is 1.50. The van der Waals surface area contributed by atoms with E-state index < -0.39 is 0 Å². The molecular formula is C20H21FN2O2S. The van der Waals surface area contributed by atoms with E-state index in [9.17, 15) is 9.18 Å². The molecule has 0 bridgehead atoms. The van der Waals surface area contributed by atoms with Gasteiger partial charge >= 0.3 is 5.97 Å². The van der Waals surface area contributed by atoms with Gasteiger partial charge in [0.1, 0.15) is 5.82 Å². The van der Waals surface area contributed by atoms with Crippen molar-refractivity contribution in [2.75, 3.05) is 18.5 Å². The Bertz CT molecular complexity index is 919. The first kappa shape index (κ1) is 18.3. The summed E-state index contributed by atoms with van der Waals surface area (Å²) in [6.07, 6.45) is 0. The molecule has 0 saturated heterocycles. The van der Waals surface area contributed by atoms with E-state index >= 15 is 0 Å². The Labute approximate surface area is 156 Å². The number of hydrogen-bond acceptors (Lipinski definition) is 5. The Morgan fingerprint density at radius 2 is 1.96 bits per heavy atom. The number of anilines is 1. The van der Waals surface area contributed by atoms with Crippen LogP contribution in [0.25, 0.3) is 10.2 Å². The van der Waals surface area contributed by atoms with E-state index in [-0.39, 0.29) is 17.2 Å². The van der Waals surface area contributed by atoms with Gasteiger partial charge < -0.3 is 10.1 Å².